The van der Waals surface area contributed by atoms with Crippen LogP contribution in [0.1, 0.15) is 18.8 Å². The van der Waals surface area contributed by atoms with E-state index in [0.29, 0.717) is 11.8 Å². The van der Waals surface area contributed by atoms with Crippen LogP contribution in [0.25, 0.3) is 5.95 Å². The van der Waals surface area contributed by atoms with Crippen molar-refractivity contribution in [3.63, 3.8) is 0 Å². The Morgan fingerprint density at radius 3 is 2.67 bits per heavy atom. The quantitative estimate of drug-likeness (QED) is 0.813. The Labute approximate surface area is 91.1 Å². The molecular weight excluding hydrogens is 216 g/mol. The molecule has 0 aliphatic carbocycles. The summed E-state index contributed by atoms with van der Waals surface area (Å²) in [6, 6.07) is 1.43. The fourth-order valence-electron chi connectivity index (χ4n) is 1.14. The van der Waals surface area contributed by atoms with Gasteiger partial charge >= 0.3 is 0 Å². The zero-order valence-electron chi connectivity index (χ0n) is 8.00. The monoisotopic (exact) mass is 224 g/mol. The summed E-state index contributed by atoms with van der Waals surface area (Å²) < 4.78 is 1.44. The smallest absolute Gasteiger partial charge is 0.252 e. The van der Waals surface area contributed by atoms with E-state index >= 15 is 0 Å². The van der Waals surface area contributed by atoms with Gasteiger partial charge in [0.05, 0.1) is 6.04 Å². The lowest BCUT2D eigenvalue weighted by Gasteiger charge is -2.05. The predicted molar refractivity (Wildman–Crippen MR) is 54.6 cm³/mol. The SMILES string of the molecule is C[C@@H](N)c1nc(Cl)nn1-c1ncccn1. The highest BCUT2D eigenvalue weighted by molar-refractivity contribution is 6.28. The first kappa shape index (κ1) is 10.0. The van der Waals surface area contributed by atoms with Gasteiger partial charge in [-0.25, -0.2) is 9.97 Å². The van der Waals surface area contributed by atoms with Crippen molar-refractivity contribution in [2.45, 2.75) is 13.0 Å². The molecule has 2 rings (SSSR count). The van der Waals surface area contributed by atoms with Gasteiger partial charge in [-0.05, 0) is 24.6 Å². The summed E-state index contributed by atoms with van der Waals surface area (Å²) in [7, 11) is 0. The first-order chi connectivity index (χ1) is 7.18. The second-order valence-corrected chi connectivity index (χ2v) is 3.33. The van der Waals surface area contributed by atoms with E-state index in [1.807, 2.05) is 0 Å². The largest absolute Gasteiger partial charge is 0.322 e. The van der Waals surface area contributed by atoms with Gasteiger partial charge in [-0.2, -0.15) is 9.67 Å². The van der Waals surface area contributed by atoms with Crippen LogP contribution in [-0.4, -0.2) is 24.7 Å². The van der Waals surface area contributed by atoms with E-state index in [1.165, 1.54) is 4.68 Å². The molecule has 0 aromatic carbocycles. The van der Waals surface area contributed by atoms with E-state index in [0.717, 1.165) is 0 Å². The summed E-state index contributed by atoms with van der Waals surface area (Å²) in [5, 5.41) is 4.10. The Morgan fingerprint density at radius 1 is 1.40 bits per heavy atom. The van der Waals surface area contributed by atoms with Crippen LogP contribution < -0.4 is 5.73 Å². The number of halogens is 1. The number of rotatable bonds is 2. The highest BCUT2D eigenvalue weighted by atomic mass is 35.5. The highest BCUT2D eigenvalue weighted by Crippen LogP contribution is 2.13. The maximum Gasteiger partial charge on any atom is 0.252 e. The maximum atomic E-state index is 5.73. The summed E-state index contributed by atoms with van der Waals surface area (Å²) in [6.45, 7) is 1.79. The van der Waals surface area contributed by atoms with Crippen LogP contribution in [-0.2, 0) is 0 Å². The number of nitrogens with two attached hydrogens (primary N) is 1. The van der Waals surface area contributed by atoms with Crippen LogP contribution in [0.5, 0.6) is 0 Å². The molecule has 1 atom stereocenters. The van der Waals surface area contributed by atoms with Crippen LogP contribution in [0.4, 0.5) is 0 Å². The van der Waals surface area contributed by atoms with E-state index in [-0.39, 0.29) is 11.3 Å². The Balaban J connectivity index is 2.53. The molecule has 0 amide bonds. The van der Waals surface area contributed by atoms with Crippen LogP contribution in [0.15, 0.2) is 18.5 Å². The first-order valence-electron chi connectivity index (χ1n) is 4.34. The van der Waals surface area contributed by atoms with Crippen LogP contribution in [0.3, 0.4) is 0 Å². The average Bonchev–Trinajstić information content (AvgIpc) is 2.62. The second kappa shape index (κ2) is 3.92. The Bertz CT molecular complexity index is 451. The van der Waals surface area contributed by atoms with Gasteiger partial charge in [-0.1, -0.05) is 0 Å². The molecule has 6 nitrogen and oxygen atoms in total. The van der Waals surface area contributed by atoms with E-state index in [2.05, 4.69) is 20.1 Å². The first-order valence-corrected chi connectivity index (χ1v) is 4.71. The van der Waals surface area contributed by atoms with Gasteiger partial charge in [0, 0.05) is 12.4 Å². The zero-order valence-corrected chi connectivity index (χ0v) is 8.76. The molecule has 2 N–H and O–H groups in total. The van der Waals surface area contributed by atoms with Gasteiger partial charge < -0.3 is 5.73 Å². The summed E-state index contributed by atoms with van der Waals surface area (Å²) in [6.07, 6.45) is 3.23. The molecule has 0 saturated carbocycles. The fraction of sp³-hybridized carbons (Fsp3) is 0.250. The van der Waals surface area contributed by atoms with Crippen LogP contribution >= 0.6 is 11.6 Å². The van der Waals surface area contributed by atoms with Gasteiger partial charge in [0.25, 0.3) is 5.95 Å². The normalized spacial score (nSPS) is 12.7. The molecule has 2 aromatic heterocycles. The Hall–Kier alpha value is -1.53. The molecule has 0 bridgehead atoms. The molecule has 0 fully saturated rings. The van der Waals surface area contributed by atoms with Crippen molar-refractivity contribution in [2.24, 2.45) is 5.73 Å². The number of hydrogen-bond donors (Lipinski definition) is 1. The lowest BCUT2D eigenvalue weighted by Crippen LogP contribution is -2.14. The Kier molecular flexibility index (Phi) is 2.61. The molecule has 0 radical (unpaired) electrons. The lowest BCUT2D eigenvalue weighted by atomic mass is 10.3. The second-order valence-electron chi connectivity index (χ2n) is 2.99. The lowest BCUT2D eigenvalue weighted by molar-refractivity contribution is 0.669. The number of aromatic nitrogens is 5. The molecular formula is C8H9ClN6. The van der Waals surface area contributed by atoms with Crippen molar-refractivity contribution < 1.29 is 0 Å². The summed E-state index contributed by atoms with van der Waals surface area (Å²) in [5.74, 6) is 0.940. The van der Waals surface area contributed by atoms with Crippen molar-refractivity contribution in [3.05, 3.63) is 29.6 Å². The van der Waals surface area contributed by atoms with Crippen LogP contribution in [0, 0.1) is 0 Å². The molecule has 2 heterocycles. The summed E-state index contributed by atoms with van der Waals surface area (Å²) in [4.78, 5) is 12.1. The minimum absolute atomic E-state index is 0.134. The molecule has 2 aromatic rings. The van der Waals surface area contributed by atoms with Gasteiger partial charge in [0.15, 0.2) is 5.82 Å². The summed E-state index contributed by atoms with van der Waals surface area (Å²) in [5.41, 5.74) is 5.73. The molecule has 78 valence electrons. The fourth-order valence-corrected chi connectivity index (χ4v) is 1.30. The average molecular weight is 225 g/mol. The molecule has 0 aliphatic rings. The predicted octanol–water partition coefficient (Wildman–Crippen LogP) is 0.730. The molecule has 0 saturated heterocycles. The third-order valence-electron chi connectivity index (χ3n) is 1.76. The standard InChI is InChI=1S/C8H9ClN6/c1-5(10)6-13-7(9)14-15(6)8-11-3-2-4-12-8/h2-5H,10H2,1H3/t5-/m1/s1. The third-order valence-corrected chi connectivity index (χ3v) is 1.92. The highest BCUT2D eigenvalue weighted by Gasteiger charge is 2.15. The molecule has 0 unspecified atom stereocenters. The van der Waals surface area contributed by atoms with E-state index in [1.54, 1.807) is 25.4 Å². The van der Waals surface area contributed by atoms with Gasteiger partial charge in [-0.3, -0.25) is 0 Å². The van der Waals surface area contributed by atoms with Crippen molar-refractivity contribution in [1.82, 2.24) is 24.7 Å². The number of hydrogen-bond acceptors (Lipinski definition) is 5. The Morgan fingerprint density at radius 2 is 2.07 bits per heavy atom. The third kappa shape index (κ3) is 1.95. The van der Waals surface area contributed by atoms with Crippen molar-refractivity contribution in [3.8, 4) is 5.95 Å². The van der Waals surface area contributed by atoms with E-state index in [9.17, 15) is 0 Å². The van der Waals surface area contributed by atoms with E-state index in [4.69, 9.17) is 17.3 Å². The van der Waals surface area contributed by atoms with Gasteiger partial charge in [-0.15, -0.1) is 5.10 Å². The zero-order chi connectivity index (χ0) is 10.8. The van der Waals surface area contributed by atoms with Crippen molar-refractivity contribution >= 4 is 11.6 Å². The van der Waals surface area contributed by atoms with Crippen molar-refractivity contribution in [2.75, 3.05) is 0 Å². The van der Waals surface area contributed by atoms with Crippen molar-refractivity contribution in [1.29, 1.82) is 0 Å². The topological polar surface area (TPSA) is 82.5 Å². The van der Waals surface area contributed by atoms with Gasteiger partial charge in [0.2, 0.25) is 5.28 Å². The maximum absolute atomic E-state index is 5.73. The molecule has 7 heteroatoms. The van der Waals surface area contributed by atoms with E-state index < -0.39 is 0 Å². The molecule has 15 heavy (non-hydrogen) atoms. The molecule has 0 aliphatic heterocycles. The number of nitrogens with zero attached hydrogens (tertiary/aromatic N) is 5. The van der Waals surface area contributed by atoms with Gasteiger partial charge in [0.1, 0.15) is 0 Å². The minimum atomic E-state index is -0.284. The summed E-state index contributed by atoms with van der Waals surface area (Å²) >= 11 is 5.71. The van der Waals surface area contributed by atoms with Crippen LogP contribution in [0.2, 0.25) is 5.28 Å². The minimum Gasteiger partial charge on any atom is -0.322 e. The molecule has 0 spiro atoms.